The second-order valence-electron chi connectivity index (χ2n) is 3.74. The molecule has 2 aromatic rings. The van der Waals surface area contributed by atoms with Crippen molar-refractivity contribution in [2.24, 2.45) is 0 Å². The molecule has 1 aromatic heterocycles. The molecule has 3 nitrogen and oxygen atoms in total. The van der Waals surface area contributed by atoms with Gasteiger partial charge in [0, 0.05) is 12.0 Å². The van der Waals surface area contributed by atoms with Crippen LogP contribution in [-0.2, 0) is 0 Å². The molecule has 0 aliphatic carbocycles. The van der Waals surface area contributed by atoms with Crippen LogP contribution in [0.5, 0.6) is 0 Å². The molecule has 0 fully saturated rings. The highest BCUT2D eigenvalue weighted by Crippen LogP contribution is 2.20. The smallest absolute Gasteiger partial charge is 0.143 e. The molecule has 0 aliphatic rings. The van der Waals surface area contributed by atoms with Crippen LogP contribution in [0.25, 0.3) is 11.0 Å². The van der Waals surface area contributed by atoms with Crippen LogP contribution in [0.4, 0.5) is 4.39 Å². The highest BCUT2D eigenvalue weighted by molar-refractivity contribution is 5.77. The van der Waals surface area contributed by atoms with Gasteiger partial charge in [-0.15, -0.1) is 0 Å². The zero-order valence-corrected chi connectivity index (χ0v) is 8.50. The first kappa shape index (κ1) is 9.66. The Labute approximate surface area is 86.6 Å². The molecule has 4 heteroatoms. The number of halogens is 1. The van der Waals surface area contributed by atoms with Gasteiger partial charge < -0.3 is 4.98 Å². The van der Waals surface area contributed by atoms with Crippen LogP contribution in [0.1, 0.15) is 31.2 Å². The Morgan fingerprint density at radius 1 is 1.47 bits per heavy atom. The van der Waals surface area contributed by atoms with Gasteiger partial charge in [0.05, 0.1) is 16.6 Å². The Balaban J connectivity index is 2.68. The Morgan fingerprint density at radius 3 is 2.80 bits per heavy atom. The molecule has 1 N–H and O–H groups in total. The molecular formula is C11H10FN3. The molecule has 0 saturated carbocycles. The monoisotopic (exact) mass is 203 g/mol. The van der Waals surface area contributed by atoms with E-state index in [0.29, 0.717) is 11.0 Å². The number of nitriles is 1. The van der Waals surface area contributed by atoms with Gasteiger partial charge in [-0.25, -0.2) is 9.37 Å². The molecule has 0 radical (unpaired) electrons. The maximum Gasteiger partial charge on any atom is 0.143 e. The molecule has 15 heavy (non-hydrogen) atoms. The van der Waals surface area contributed by atoms with E-state index in [4.69, 9.17) is 5.26 Å². The molecule has 1 heterocycles. The quantitative estimate of drug-likeness (QED) is 0.774. The standard InChI is InChI=1S/C11H10FN3/c1-6(2)11-14-9-3-7(5-13)8(12)4-10(9)15-11/h3-4,6H,1-2H3,(H,14,15). The summed E-state index contributed by atoms with van der Waals surface area (Å²) >= 11 is 0. The highest BCUT2D eigenvalue weighted by Gasteiger charge is 2.10. The Bertz CT molecular complexity index is 549. The summed E-state index contributed by atoms with van der Waals surface area (Å²) in [6.45, 7) is 4.00. The van der Waals surface area contributed by atoms with Crippen molar-refractivity contribution in [2.45, 2.75) is 19.8 Å². The summed E-state index contributed by atoms with van der Waals surface area (Å²) in [7, 11) is 0. The third kappa shape index (κ3) is 1.57. The van der Waals surface area contributed by atoms with Crippen LogP contribution in [0.3, 0.4) is 0 Å². The van der Waals surface area contributed by atoms with E-state index >= 15 is 0 Å². The van der Waals surface area contributed by atoms with E-state index in [0.717, 1.165) is 5.82 Å². The molecule has 0 amide bonds. The van der Waals surface area contributed by atoms with Crippen molar-refractivity contribution in [1.29, 1.82) is 5.26 Å². The minimum atomic E-state index is -0.510. The topological polar surface area (TPSA) is 52.5 Å². The molecule has 0 spiro atoms. The number of imidazole rings is 1. The van der Waals surface area contributed by atoms with E-state index in [9.17, 15) is 4.39 Å². The van der Waals surface area contributed by atoms with Crippen LogP contribution in [0.15, 0.2) is 12.1 Å². The summed E-state index contributed by atoms with van der Waals surface area (Å²) in [5.41, 5.74) is 1.30. The molecule has 0 unspecified atom stereocenters. The van der Waals surface area contributed by atoms with Crippen molar-refractivity contribution in [1.82, 2.24) is 9.97 Å². The zero-order valence-electron chi connectivity index (χ0n) is 8.50. The number of benzene rings is 1. The van der Waals surface area contributed by atoms with Gasteiger partial charge in [0.1, 0.15) is 17.7 Å². The third-order valence-corrected chi connectivity index (χ3v) is 2.26. The van der Waals surface area contributed by atoms with Crippen molar-refractivity contribution in [2.75, 3.05) is 0 Å². The van der Waals surface area contributed by atoms with Crippen molar-refractivity contribution < 1.29 is 4.39 Å². The summed E-state index contributed by atoms with van der Waals surface area (Å²) in [5, 5.41) is 8.67. The summed E-state index contributed by atoms with van der Waals surface area (Å²) in [4.78, 5) is 7.32. The zero-order chi connectivity index (χ0) is 11.0. The fourth-order valence-corrected chi connectivity index (χ4v) is 1.41. The Morgan fingerprint density at radius 2 is 2.20 bits per heavy atom. The summed E-state index contributed by atoms with van der Waals surface area (Å²) < 4.78 is 13.3. The summed E-state index contributed by atoms with van der Waals surface area (Å²) in [5.74, 6) is 0.550. The number of H-pyrrole nitrogens is 1. The first-order valence-corrected chi connectivity index (χ1v) is 4.71. The van der Waals surface area contributed by atoms with E-state index < -0.39 is 5.82 Å². The van der Waals surface area contributed by atoms with Gasteiger partial charge in [-0.2, -0.15) is 5.26 Å². The fraction of sp³-hybridized carbons (Fsp3) is 0.273. The van der Waals surface area contributed by atoms with Gasteiger partial charge in [-0.05, 0) is 6.07 Å². The average Bonchev–Trinajstić information content (AvgIpc) is 2.59. The lowest BCUT2D eigenvalue weighted by Gasteiger charge is -1.95. The summed E-state index contributed by atoms with van der Waals surface area (Å²) in [6.07, 6.45) is 0. The van der Waals surface area contributed by atoms with E-state index in [1.54, 1.807) is 6.07 Å². The van der Waals surface area contributed by atoms with E-state index in [1.165, 1.54) is 12.1 Å². The lowest BCUT2D eigenvalue weighted by Crippen LogP contribution is -1.88. The van der Waals surface area contributed by atoms with Crippen molar-refractivity contribution in [3.63, 3.8) is 0 Å². The predicted molar refractivity (Wildman–Crippen MR) is 54.9 cm³/mol. The molecule has 0 atom stereocenters. The van der Waals surface area contributed by atoms with Crippen molar-refractivity contribution >= 4 is 11.0 Å². The molecule has 0 saturated heterocycles. The maximum absolute atomic E-state index is 13.3. The maximum atomic E-state index is 13.3. The average molecular weight is 203 g/mol. The summed E-state index contributed by atoms with van der Waals surface area (Å²) in [6, 6.07) is 4.57. The van der Waals surface area contributed by atoms with E-state index in [1.807, 2.05) is 13.8 Å². The largest absolute Gasteiger partial charge is 0.342 e. The fourth-order valence-electron chi connectivity index (χ4n) is 1.41. The van der Waals surface area contributed by atoms with Gasteiger partial charge in [0.25, 0.3) is 0 Å². The van der Waals surface area contributed by atoms with Crippen LogP contribution in [0, 0.1) is 17.1 Å². The van der Waals surface area contributed by atoms with Crippen LogP contribution in [0.2, 0.25) is 0 Å². The predicted octanol–water partition coefficient (Wildman–Crippen LogP) is 2.70. The molecule has 1 aromatic carbocycles. The van der Waals surface area contributed by atoms with E-state index in [2.05, 4.69) is 9.97 Å². The number of hydrogen-bond acceptors (Lipinski definition) is 2. The van der Waals surface area contributed by atoms with Gasteiger partial charge in [-0.3, -0.25) is 0 Å². The molecule has 0 bridgehead atoms. The minimum absolute atomic E-state index is 0.0318. The van der Waals surface area contributed by atoms with Gasteiger partial charge >= 0.3 is 0 Å². The number of aromatic amines is 1. The first-order valence-electron chi connectivity index (χ1n) is 4.71. The second-order valence-corrected chi connectivity index (χ2v) is 3.74. The number of rotatable bonds is 1. The normalized spacial score (nSPS) is 10.9. The molecule has 0 aliphatic heterocycles. The number of aromatic nitrogens is 2. The molecule has 2 rings (SSSR count). The number of nitrogens with one attached hydrogen (secondary N) is 1. The van der Waals surface area contributed by atoms with Crippen LogP contribution < -0.4 is 0 Å². The number of fused-ring (bicyclic) bond motifs is 1. The minimum Gasteiger partial charge on any atom is -0.342 e. The number of hydrogen-bond donors (Lipinski definition) is 1. The number of nitrogens with zero attached hydrogens (tertiary/aromatic N) is 2. The third-order valence-electron chi connectivity index (χ3n) is 2.26. The lowest BCUT2D eigenvalue weighted by atomic mass is 10.2. The van der Waals surface area contributed by atoms with Crippen LogP contribution >= 0.6 is 0 Å². The van der Waals surface area contributed by atoms with Gasteiger partial charge in [-0.1, -0.05) is 13.8 Å². The van der Waals surface area contributed by atoms with Gasteiger partial charge in [0.15, 0.2) is 0 Å². The molecule has 76 valence electrons. The second kappa shape index (κ2) is 3.35. The highest BCUT2D eigenvalue weighted by atomic mass is 19.1. The Hall–Kier alpha value is -1.89. The molecular weight excluding hydrogens is 193 g/mol. The first-order chi connectivity index (χ1) is 7.11. The van der Waals surface area contributed by atoms with Crippen molar-refractivity contribution in [3.8, 4) is 6.07 Å². The lowest BCUT2D eigenvalue weighted by molar-refractivity contribution is 0.625. The van der Waals surface area contributed by atoms with Crippen molar-refractivity contribution in [3.05, 3.63) is 29.3 Å². The SMILES string of the molecule is CC(C)c1nc2cc(C#N)c(F)cc2[nH]1. The van der Waals surface area contributed by atoms with Crippen LogP contribution in [-0.4, -0.2) is 9.97 Å². The van der Waals surface area contributed by atoms with E-state index in [-0.39, 0.29) is 11.5 Å². The van der Waals surface area contributed by atoms with Gasteiger partial charge in [0.2, 0.25) is 0 Å². The Kier molecular flexibility index (Phi) is 2.16.